The average molecular weight is 379 g/mol. The van der Waals surface area contributed by atoms with E-state index in [1.165, 1.54) is 0 Å². The lowest BCUT2D eigenvalue weighted by Crippen LogP contribution is -2.23. The minimum Gasteiger partial charge on any atom is -0.495 e. The Labute approximate surface area is 157 Å². The van der Waals surface area contributed by atoms with Gasteiger partial charge in [-0.15, -0.1) is 12.1 Å². The van der Waals surface area contributed by atoms with E-state index < -0.39 is 20.3 Å². The lowest BCUT2D eigenvalue weighted by molar-refractivity contribution is -0.114. The Morgan fingerprint density at radius 2 is 1.96 bits per heavy atom. The van der Waals surface area contributed by atoms with E-state index in [0.717, 1.165) is 0 Å². The van der Waals surface area contributed by atoms with E-state index >= 15 is 0 Å². The number of aliphatic hydroxyl groups is 1. The number of methoxy groups -OCH3 is 2. The fraction of sp³-hybridized carbons (Fsp3) is 0.500. The minimum atomic E-state index is -1.58. The summed E-state index contributed by atoms with van der Waals surface area (Å²) in [6.45, 7) is 11.2. The van der Waals surface area contributed by atoms with E-state index in [0.29, 0.717) is 30.1 Å². The molecule has 0 aliphatic heterocycles. The Balaban J connectivity index is 3.03. The smallest absolute Gasteiger partial charge is 0.147 e. The van der Waals surface area contributed by atoms with Crippen LogP contribution in [0.3, 0.4) is 0 Å². The van der Waals surface area contributed by atoms with Crippen LogP contribution >= 0.6 is 0 Å². The number of rotatable bonds is 10. The van der Waals surface area contributed by atoms with Crippen molar-refractivity contribution in [3.63, 3.8) is 0 Å². The van der Waals surface area contributed by atoms with Gasteiger partial charge in [0.15, 0.2) is 0 Å². The summed E-state index contributed by atoms with van der Waals surface area (Å²) in [6.07, 6.45) is -0.00356. The van der Waals surface area contributed by atoms with Gasteiger partial charge in [0.25, 0.3) is 0 Å². The van der Waals surface area contributed by atoms with Gasteiger partial charge in [0.1, 0.15) is 32.8 Å². The first-order valence-corrected chi connectivity index (χ1v) is 12.0. The number of ether oxygens (including phenoxy) is 4. The van der Waals surface area contributed by atoms with E-state index in [1.807, 2.05) is 18.2 Å². The normalized spacial score (nSPS) is 13.5. The maximum Gasteiger partial charge on any atom is 0.147 e. The highest BCUT2D eigenvalue weighted by Crippen LogP contribution is 2.29. The summed E-state index contributed by atoms with van der Waals surface area (Å²) in [5, 5.41) is 10.8. The summed E-state index contributed by atoms with van der Waals surface area (Å²) in [7, 11) is 1.61. The first-order valence-electron chi connectivity index (χ1n) is 8.53. The molecule has 0 aliphatic rings. The summed E-state index contributed by atoms with van der Waals surface area (Å²) >= 11 is 0. The molecule has 0 saturated heterocycles. The highest BCUT2D eigenvalue weighted by atomic mass is 28.3. The second-order valence-corrected chi connectivity index (χ2v) is 11.5. The fourth-order valence-electron chi connectivity index (χ4n) is 2.14. The van der Waals surface area contributed by atoms with Crippen LogP contribution in [0, 0.1) is 11.5 Å². The molecule has 1 rings (SSSR count). The number of benzene rings is 1. The molecule has 0 aliphatic carbocycles. The van der Waals surface area contributed by atoms with Crippen LogP contribution in [-0.2, 0) is 14.2 Å². The van der Waals surface area contributed by atoms with Crippen LogP contribution < -0.4 is 4.74 Å². The quantitative estimate of drug-likeness (QED) is 0.223. The van der Waals surface area contributed by atoms with Crippen molar-refractivity contribution in [2.75, 3.05) is 34.2 Å². The number of hydrogen-bond donors (Lipinski definition) is 1. The van der Waals surface area contributed by atoms with Crippen LogP contribution in [0.4, 0.5) is 0 Å². The molecule has 0 radical (unpaired) electrons. The van der Waals surface area contributed by atoms with Gasteiger partial charge in [0, 0.05) is 12.7 Å². The monoisotopic (exact) mass is 378 g/mol. The molecular weight excluding hydrogens is 348 g/mol. The molecule has 0 spiro atoms. The standard InChI is InChI=1S/C20H30O5Si/c1-7-18(25-15-24-13-12-22-2)20(21)17-9-8-10-19(23-3)16(17)11-14-26(4,5)6/h7-10,18,20-21H,1,12-13,15H2,2-6H3/t18-,20-/m1/s1. The zero-order chi connectivity index (χ0) is 19.6. The Kier molecular flexibility index (Phi) is 9.63. The van der Waals surface area contributed by atoms with Gasteiger partial charge in [-0.1, -0.05) is 43.8 Å². The van der Waals surface area contributed by atoms with Gasteiger partial charge in [-0.25, -0.2) is 0 Å². The average Bonchev–Trinajstić information content (AvgIpc) is 2.61. The molecule has 1 aromatic carbocycles. The van der Waals surface area contributed by atoms with Crippen LogP contribution in [0.25, 0.3) is 0 Å². The zero-order valence-corrected chi connectivity index (χ0v) is 17.4. The lowest BCUT2D eigenvalue weighted by atomic mass is 9.98. The van der Waals surface area contributed by atoms with Gasteiger partial charge in [-0.3, -0.25) is 0 Å². The van der Waals surface area contributed by atoms with E-state index in [9.17, 15) is 5.11 Å². The highest BCUT2D eigenvalue weighted by Gasteiger charge is 2.23. The van der Waals surface area contributed by atoms with Crippen molar-refractivity contribution in [1.29, 1.82) is 0 Å². The first-order chi connectivity index (χ1) is 12.3. The summed E-state index contributed by atoms with van der Waals surface area (Å²) in [5.74, 6) is 3.84. The molecule has 0 heterocycles. The molecule has 0 saturated carbocycles. The van der Waals surface area contributed by atoms with Crippen molar-refractivity contribution in [2.45, 2.75) is 31.8 Å². The third kappa shape index (κ3) is 7.32. The van der Waals surface area contributed by atoms with Crippen molar-refractivity contribution in [2.24, 2.45) is 0 Å². The predicted octanol–water partition coefficient (Wildman–Crippen LogP) is 3.15. The SMILES string of the molecule is C=C[C@@H](OCOCCOC)[C@H](O)c1cccc(OC)c1C#C[Si](C)(C)C. The maximum absolute atomic E-state index is 10.8. The third-order valence-electron chi connectivity index (χ3n) is 3.48. The number of hydrogen-bond acceptors (Lipinski definition) is 5. The molecule has 0 bridgehead atoms. The Morgan fingerprint density at radius 3 is 2.54 bits per heavy atom. The van der Waals surface area contributed by atoms with Crippen molar-refractivity contribution in [1.82, 2.24) is 0 Å². The van der Waals surface area contributed by atoms with Crippen LogP contribution in [0.1, 0.15) is 17.2 Å². The molecule has 144 valence electrons. The van der Waals surface area contributed by atoms with Crippen molar-refractivity contribution < 1.29 is 24.1 Å². The second kappa shape index (κ2) is 11.2. The Bertz CT molecular complexity index is 627. The van der Waals surface area contributed by atoms with E-state index in [-0.39, 0.29) is 6.79 Å². The van der Waals surface area contributed by atoms with Crippen LogP contribution in [-0.4, -0.2) is 53.5 Å². The molecule has 0 fully saturated rings. The van der Waals surface area contributed by atoms with Gasteiger partial charge in [0.05, 0.1) is 25.9 Å². The molecule has 2 atom stereocenters. The second-order valence-electron chi connectivity index (χ2n) is 6.76. The third-order valence-corrected chi connectivity index (χ3v) is 4.35. The summed E-state index contributed by atoms with van der Waals surface area (Å²) < 4.78 is 21.3. The highest BCUT2D eigenvalue weighted by molar-refractivity contribution is 6.83. The minimum absolute atomic E-state index is 0.0387. The van der Waals surface area contributed by atoms with Gasteiger partial charge < -0.3 is 24.1 Å². The zero-order valence-electron chi connectivity index (χ0n) is 16.4. The Morgan fingerprint density at radius 1 is 1.23 bits per heavy atom. The largest absolute Gasteiger partial charge is 0.495 e. The molecule has 0 amide bonds. The topological polar surface area (TPSA) is 57.2 Å². The predicted molar refractivity (Wildman–Crippen MR) is 106 cm³/mol. The molecule has 1 aromatic rings. The fourth-order valence-corrected chi connectivity index (χ4v) is 2.64. The molecule has 0 aromatic heterocycles. The summed E-state index contributed by atoms with van der Waals surface area (Å²) in [5.41, 5.74) is 4.66. The van der Waals surface area contributed by atoms with Crippen LogP contribution in [0.15, 0.2) is 30.9 Å². The lowest BCUT2D eigenvalue weighted by Gasteiger charge is -2.22. The van der Waals surface area contributed by atoms with E-state index in [4.69, 9.17) is 18.9 Å². The molecule has 6 heteroatoms. The molecule has 26 heavy (non-hydrogen) atoms. The summed E-state index contributed by atoms with van der Waals surface area (Å²) in [6, 6.07) is 5.49. The van der Waals surface area contributed by atoms with Gasteiger partial charge in [-0.05, 0) is 6.07 Å². The van der Waals surface area contributed by atoms with Gasteiger partial charge in [0.2, 0.25) is 0 Å². The van der Waals surface area contributed by atoms with Crippen molar-refractivity contribution in [3.8, 4) is 17.2 Å². The molecule has 1 N–H and O–H groups in total. The first kappa shape index (κ1) is 22.4. The van der Waals surface area contributed by atoms with Crippen LogP contribution in [0.2, 0.25) is 19.6 Å². The van der Waals surface area contributed by atoms with Gasteiger partial charge >= 0.3 is 0 Å². The van der Waals surface area contributed by atoms with Gasteiger partial charge in [-0.2, -0.15) is 0 Å². The van der Waals surface area contributed by atoms with Crippen LogP contribution in [0.5, 0.6) is 5.75 Å². The maximum atomic E-state index is 10.8. The van der Waals surface area contributed by atoms with Crippen molar-refractivity contribution in [3.05, 3.63) is 42.0 Å². The van der Waals surface area contributed by atoms with E-state index in [1.54, 1.807) is 20.3 Å². The Hall–Kier alpha value is -1.62. The van der Waals surface area contributed by atoms with Crippen molar-refractivity contribution >= 4 is 8.07 Å². The summed E-state index contributed by atoms with van der Waals surface area (Å²) in [4.78, 5) is 0. The van der Waals surface area contributed by atoms with E-state index in [2.05, 4.69) is 37.7 Å². The number of aliphatic hydroxyl groups excluding tert-OH is 1. The molecule has 5 nitrogen and oxygen atoms in total. The molecular formula is C20H30O5Si. The molecule has 0 unspecified atom stereocenters.